The first-order chi connectivity index (χ1) is 7.42. The highest BCUT2D eigenvalue weighted by Gasteiger charge is 2.10. The highest BCUT2D eigenvalue weighted by Crippen LogP contribution is 2.10. The summed E-state index contributed by atoms with van der Waals surface area (Å²) < 4.78 is 21.6. The average Bonchev–Trinajstić information content (AvgIpc) is 2.21. The summed E-state index contributed by atoms with van der Waals surface area (Å²) in [4.78, 5) is 2.31. The van der Waals surface area contributed by atoms with Crippen LogP contribution in [-0.2, 0) is 10.0 Å². The number of hydrogen-bond acceptors (Lipinski definition) is 3. The Labute approximate surface area is 100 Å². The molecule has 0 aliphatic heterocycles. The van der Waals surface area contributed by atoms with Gasteiger partial charge in [0, 0.05) is 6.54 Å². The predicted octanol–water partition coefficient (Wildman–Crippen LogP) is 1.42. The fraction of sp³-hybridized carbons (Fsp3) is 1.00. The van der Waals surface area contributed by atoms with Crippen LogP contribution in [0.15, 0.2) is 0 Å². The van der Waals surface area contributed by atoms with Gasteiger partial charge < -0.3 is 4.90 Å². The summed E-state index contributed by atoms with van der Waals surface area (Å²) in [7, 11) is -3.29. The SMILES string of the molecule is CCC(CC)CN(CC)CCCS(N)(=O)=O. The molecular formula is C11H26N2O2S. The molecule has 5 heteroatoms. The van der Waals surface area contributed by atoms with Crippen molar-refractivity contribution in [3.63, 3.8) is 0 Å². The number of rotatable bonds is 9. The van der Waals surface area contributed by atoms with E-state index in [2.05, 4.69) is 25.7 Å². The molecule has 16 heavy (non-hydrogen) atoms. The second-order valence-corrected chi connectivity index (χ2v) is 6.03. The number of primary sulfonamides is 1. The Balaban J connectivity index is 3.92. The molecule has 0 aromatic heterocycles. The lowest BCUT2D eigenvalue weighted by Crippen LogP contribution is -2.31. The Morgan fingerprint density at radius 1 is 1.19 bits per heavy atom. The monoisotopic (exact) mass is 250 g/mol. The van der Waals surface area contributed by atoms with Gasteiger partial charge in [0.1, 0.15) is 0 Å². The van der Waals surface area contributed by atoms with Gasteiger partial charge in [0.15, 0.2) is 0 Å². The van der Waals surface area contributed by atoms with Gasteiger partial charge in [0.05, 0.1) is 5.75 Å². The molecule has 98 valence electrons. The van der Waals surface area contributed by atoms with E-state index in [1.54, 1.807) is 0 Å². The van der Waals surface area contributed by atoms with E-state index in [0.717, 1.165) is 25.6 Å². The van der Waals surface area contributed by atoms with Crippen LogP contribution in [-0.4, -0.2) is 38.7 Å². The smallest absolute Gasteiger partial charge is 0.209 e. The Morgan fingerprint density at radius 2 is 1.75 bits per heavy atom. The summed E-state index contributed by atoms with van der Waals surface area (Å²) in [6, 6.07) is 0. The normalized spacial score (nSPS) is 12.6. The van der Waals surface area contributed by atoms with E-state index in [1.165, 1.54) is 12.8 Å². The first-order valence-electron chi connectivity index (χ1n) is 6.15. The van der Waals surface area contributed by atoms with Crippen LogP contribution >= 0.6 is 0 Å². The first kappa shape index (κ1) is 15.9. The molecule has 0 saturated carbocycles. The minimum Gasteiger partial charge on any atom is -0.303 e. The molecule has 0 spiro atoms. The third-order valence-electron chi connectivity index (χ3n) is 3.02. The maximum Gasteiger partial charge on any atom is 0.209 e. The molecule has 0 aliphatic carbocycles. The van der Waals surface area contributed by atoms with E-state index in [0.29, 0.717) is 6.42 Å². The number of sulfonamides is 1. The lowest BCUT2D eigenvalue weighted by atomic mass is 10.0. The fourth-order valence-electron chi connectivity index (χ4n) is 1.78. The number of hydrogen-bond donors (Lipinski definition) is 1. The molecule has 4 nitrogen and oxygen atoms in total. The zero-order valence-corrected chi connectivity index (χ0v) is 11.6. The van der Waals surface area contributed by atoms with Crippen LogP contribution in [0, 0.1) is 5.92 Å². The summed E-state index contributed by atoms with van der Waals surface area (Å²) >= 11 is 0. The Kier molecular flexibility index (Phi) is 7.97. The van der Waals surface area contributed by atoms with Crippen LogP contribution in [0.3, 0.4) is 0 Å². The average molecular weight is 250 g/mol. The van der Waals surface area contributed by atoms with Gasteiger partial charge in [-0.05, 0) is 25.4 Å². The van der Waals surface area contributed by atoms with Gasteiger partial charge in [-0.15, -0.1) is 0 Å². The third kappa shape index (κ3) is 8.07. The van der Waals surface area contributed by atoms with Crippen LogP contribution in [0.2, 0.25) is 0 Å². The van der Waals surface area contributed by atoms with Crippen LogP contribution < -0.4 is 5.14 Å². The summed E-state index contributed by atoms with van der Waals surface area (Å²) in [6.45, 7) is 9.37. The largest absolute Gasteiger partial charge is 0.303 e. The van der Waals surface area contributed by atoms with Crippen molar-refractivity contribution >= 4 is 10.0 Å². The van der Waals surface area contributed by atoms with Crippen molar-refractivity contribution in [3.8, 4) is 0 Å². The molecule has 0 saturated heterocycles. The summed E-state index contributed by atoms with van der Waals surface area (Å²) in [6.07, 6.45) is 3.00. The second-order valence-electron chi connectivity index (χ2n) is 4.30. The number of nitrogens with zero attached hydrogens (tertiary/aromatic N) is 1. The second kappa shape index (κ2) is 8.03. The topological polar surface area (TPSA) is 63.4 Å². The molecule has 0 fully saturated rings. The molecule has 0 aromatic carbocycles. The molecule has 0 bridgehead atoms. The molecule has 0 heterocycles. The van der Waals surface area contributed by atoms with Crippen molar-refractivity contribution in [1.29, 1.82) is 0 Å². The summed E-state index contributed by atoms with van der Waals surface area (Å²) in [5, 5.41) is 4.97. The van der Waals surface area contributed by atoms with Gasteiger partial charge in [0.25, 0.3) is 0 Å². The predicted molar refractivity (Wildman–Crippen MR) is 68.8 cm³/mol. The Hall–Kier alpha value is -0.130. The fourth-order valence-corrected chi connectivity index (χ4v) is 2.31. The van der Waals surface area contributed by atoms with Crippen molar-refractivity contribution in [3.05, 3.63) is 0 Å². The van der Waals surface area contributed by atoms with E-state index >= 15 is 0 Å². The van der Waals surface area contributed by atoms with Gasteiger partial charge in [0.2, 0.25) is 10.0 Å². The third-order valence-corrected chi connectivity index (χ3v) is 3.88. The molecule has 0 amide bonds. The van der Waals surface area contributed by atoms with Crippen molar-refractivity contribution in [2.75, 3.05) is 25.4 Å². The highest BCUT2D eigenvalue weighted by molar-refractivity contribution is 7.89. The maximum absolute atomic E-state index is 10.8. The summed E-state index contributed by atoms with van der Waals surface area (Å²) in [5.74, 6) is 0.807. The van der Waals surface area contributed by atoms with Crippen molar-refractivity contribution in [1.82, 2.24) is 4.90 Å². The molecule has 0 unspecified atom stereocenters. The van der Waals surface area contributed by atoms with Gasteiger partial charge in [-0.1, -0.05) is 33.6 Å². The zero-order valence-electron chi connectivity index (χ0n) is 10.8. The zero-order chi connectivity index (χ0) is 12.6. The van der Waals surface area contributed by atoms with E-state index < -0.39 is 10.0 Å². The molecule has 0 atom stereocenters. The van der Waals surface area contributed by atoms with Crippen LogP contribution in [0.4, 0.5) is 0 Å². The minimum absolute atomic E-state index is 0.0897. The number of nitrogens with two attached hydrogens (primary N) is 1. The standard InChI is InChI=1S/C11H26N2O2S/c1-4-11(5-2)10-13(6-3)8-7-9-16(12,14)15/h11H,4-10H2,1-3H3,(H2,12,14,15). The lowest BCUT2D eigenvalue weighted by Gasteiger charge is -2.24. The van der Waals surface area contributed by atoms with Gasteiger partial charge in [-0.3, -0.25) is 0 Å². The van der Waals surface area contributed by atoms with Crippen LogP contribution in [0.25, 0.3) is 0 Å². The molecule has 2 N–H and O–H groups in total. The van der Waals surface area contributed by atoms with E-state index in [-0.39, 0.29) is 5.75 Å². The Morgan fingerprint density at radius 3 is 2.12 bits per heavy atom. The maximum atomic E-state index is 10.8. The molecule has 0 radical (unpaired) electrons. The molecular weight excluding hydrogens is 224 g/mol. The molecule has 0 aliphatic rings. The molecule has 0 aromatic rings. The van der Waals surface area contributed by atoms with Gasteiger partial charge >= 0.3 is 0 Å². The Bertz CT molecular complexity index is 261. The van der Waals surface area contributed by atoms with Crippen molar-refractivity contribution in [2.24, 2.45) is 11.1 Å². The lowest BCUT2D eigenvalue weighted by molar-refractivity contribution is 0.234. The van der Waals surface area contributed by atoms with Crippen molar-refractivity contribution < 1.29 is 8.42 Å². The van der Waals surface area contributed by atoms with E-state index in [9.17, 15) is 8.42 Å². The minimum atomic E-state index is -3.29. The molecule has 0 rings (SSSR count). The summed E-state index contributed by atoms with van der Waals surface area (Å²) in [5.41, 5.74) is 0. The first-order valence-corrected chi connectivity index (χ1v) is 7.87. The van der Waals surface area contributed by atoms with E-state index in [4.69, 9.17) is 5.14 Å². The van der Waals surface area contributed by atoms with Crippen LogP contribution in [0.1, 0.15) is 40.0 Å². The quantitative estimate of drug-likeness (QED) is 0.673. The van der Waals surface area contributed by atoms with Crippen LogP contribution in [0.5, 0.6) is 0 Å². The van der Waals surface area contributed by atoms with E-state index in [1.807, 2.05) is 0 Å². The van der Waals surface area contributed by atoms with Gasteiger partial charge in [-0.25, -0.2) is 13.6 Å². The van der Waals surface area contributed by atoms with Gasteiger partial charge in [-0.2, -0.15) is 0 Å². The highest BCUT2D eigenvalue weighted by atomic mass is 32.2. The van der Waals surface area contributed by atoms with Crippen molar-refractivity contribution in [2.45, 2.75) is 40.0 Å².